The average molecular weight is 261 g/mol. The first-order chi connectivity index (χ1) is 8.40. The SMILES string of the molecule is N=C(N)c1ncccc1COCCCC(F)(F)F. The number of hydrogen-bond acceptors (Lipinski definition) is 3. The molecule has 1 heterocycles. The van der Waals surface area contributed by atoms with Gasteiger partial charge in [-0.15, -0.1) is 0 Å². The Hall–Kier alpha value is -1.63. The predicted octanol–water partition coefficient (Wildman–Crippen LogP) is 2.22. The molecule has 0 spiro atoms. The van der Waals surface area contributed by atoms with Crippen LogP contribution in [0.3, 0.4) is 0 Å². The highest BCUT2D eigenvalue weighted by molar-refractivity contribution is 5.94. The van der Waals surface area contributed by atoms with Gasteiger partial charge in [0, 0.05) is 24.8 Å². The predicted molar refractivity (Wildman–Crippen MR) is 60.2 cm³/mol. The van der Waals surface area contributed by atoms with E-state index in [4.69, 9.17) is 15.9 Å². The Balaban J connectivity index is 2.38. The zero-order chi connectivity index (χ0) is 13.6. The Kier molecular flexibility index (Phi) is 5.08. The molecule has 0 aliphatic carbocycles. The van der Waals surface area contributed by atoms with Gasteiger partial charge in [-0.05, 0) is 12.5 Å². The Labute approximate surface area is 102 Å². The van der Waals surface area contributed by atoms with E-state index in [9.17, 15) is 13.2 Å². The van der Waals surface area contributed by atoms with Gasteiger partial charge in [0.25, 0.3) is 0 Å². The maximum Gasteiger partial charge on any atom is 0.389 e. The molecule has 0 radical (unpaired) electrons. The molecule has 7 heteroatoms. The minimum Gasteiger partial charge on any atom is -0.382 e. The second-order valence-electron chi connectivity index (χ2n) is 3.70. The Morgan fingerprint density at radius 3 is 2.78 bits per heavy atom. The first-order valence-corrected chi connectivity index (χ1v) is 5.33. The number of alkyl halides is 3. The van der Waals surface area contributed by atoms with E-state index in [-0.39, 0.29) is 25.5 Å². The monoisotopic (exact) mass is 261 g/mol. The molecule has 18 heavy (non-hydrogen) atoms. The van der Waals surface area contributed by atoms with Gasteiger partial charge in [-0.1, -0.05) is 6.07 Å². The van der Waals surface area contributed by atoms with Crippen LogP contribution in [0.1, 0.15) is 24.1 Å². The standard InChI is InChI=1S/C11H14F3N3O/c12-11(13,14)4-2-6-18-7-8-3-1-5-17-9(8)10(15)16/h1,3,5H,2,4,6-7H2,(H3,15,16). The molecule has 0 atom stereocenters. The highest BCUT2D eigenvalue weighted by Crippen LogP contribution is 2.21. The van der Waals surface area contributed by atoms with E-state index in [1.165, 1.54) is 6.20 Å². The molecular weight excluding hydrogens is 247 g/mol. The van der Waals surface area contributed by atoms with Crippen LogP contribution in [0.5, 0.6) is 0 Å². The molecule has 0 bridgehead atoms. The van der Waals surface area contributed by atoms with Gasteiger partial charge >= 0.3 is 6.18 Å². The van der Waals surface area contributed by atoms with Crippen molar-refractivity contribution in [2.75, 3.05) is 6.61 Å². The Morgan fingerprint density at radius 2 is 2.17 bits per heavy atom. The first kappa shape index (κ1) is 14.4. The highest BCUT2D eigenvalue weighted by Gasteiger charge is 2.25. The van der Waals surface area contributed by atoms with Crippen molar-refractivity contribution in [3.05, 3.63) is 29.6 Å². The van der Waals surface area contributed by atoms with Gasteiger partial charge in [-0.25, -0.2) is 0 Å². The van der Waals surface area contributed by atoms with E-state index < -0.39 is 12.6 Å². The fraction of sp³-hybridized carbons (Fsp3) is 0.455. The van der Waals surface area contributed by atoms with Crippen LogP contribution >= 0.6 is 0 Å². The van der Waals surface area contributed by atoms with Crippen molar-refractivity contribution >= 4 is 5.84 Å². The summed E-state index contributed by atoms with van der Waals surface area (Å²) in [5, 5.41) is 7.29. The fourth-order valence-corrected chi connectivity index (χ4v) is 1.35. The van der Waals surface area contributed by atoms with Crippen LogP contribution in [0.2, 0.25) is 0 Å². The molecule has 1 aromatic heterocycles. The van der Waals surface area contributed by atoms with Gasteiger partial charge in [-0.3, -0.25) is 10.4 Å². The highest BCUT2D eigenvalue weighted by atomic mass is 19.4. The number of amidine groups is 1. The van der Waals surface area contributed by atoms with Crippen molar-refractivity contribution in [3.63, 3.8) is 0 Å². The number of rotatable bonds is 6. The van der Waals surface area contributed by atoms with Gasteiger partial charge in [0.15, 0.2) is 0 Å². The van der Waals surface area contributed by atoms with Crippen LogP contribution < -0.4 is 5.73 Å². The maximum atomic E-state index is 11.9. The van der Waals surface area contributed by atoms with Crippen LogP contribution in [0.4, 0.5) is 13.2 Å². The van der Waals surface area contributed by atoms with Crippen LogP contribution in [0, 0.1) is 5.41 Å². The summed E-state index contributed by atoms with van der Waals surface area (Å²) in [6.07, 6.45) is -3.61. The van der Waals surface area contributed by atoms with Crippen molar-refractivity contribution in [3.8, 4) is 0 Å². The lowest BCUT2D eigenvalue weighted by Gasteiger charge is -2.09. The summed E-state index contributed by atoms with van der Waals surface area (Å²) in [6.45, 7) is 0.104. The Bertz CT molecular complexity index is 407. The molecular formula is C11H14F3N3O. The molecule has 100 valence electrons. The summed E-state index contributed by atoms with van der Waals surface area (Å²) in [7, 11) is 0. The molecule has 1 aromatic rings. The van der Waals surface area contributed by atoms with Crippen molar-refractivity contribution in [2.45, 2.75) is 25.6 Å². The number of halogens is 3. The number of nitrogens with zero attached hydrogens (tertiary/aromatic N) is 1. The zero-order valence-electron chi connectivity index (χ0n) is 9.63. The molecule has 3 N–H and O–H groups in total. The molecule has 0 amide bonds. The maximum absolute atomic E-state index is 11.9. The van der Waals surface area contributed by atoms with Crippen molar-refractivity contribution < 1.29 is 17.9 Å². The van der Waals surface area contributed by atoms with Gasteiger partial charge < -0.3 is 10.5 Å². The summed E-state index contributed by atoms with van der Waals surface area (Å²) in [4.78, 5) is 3.91. The number of pyridine rings is 1. The van der Waals surface area contributed by atoms with E-state index in [2.05, 4.69) is 4.98 Å². The average Bonchev–Trinajstić information content (AvgIpc) is 2.27. The van der Waals surface area contributed by atoms with Crippen molar-refractivity contribution in [1.82, 2.24) is 4.98 Å². The number of nitrogens with two attached hydrogens (primary N) is 1. The second kappa shape index (κ2) is 6.34. The molecule has 0 aliphatic rings. The molecule has 1 rings (SSSR count). The number of ether oxygens (including phenoxy) is 1. The molecule has 0 saturated heterocycles. The number of aromatic nitrogens is 1. The lowest BCUT2D eigenvalue weighted by Crippen LogP contribution is -2.16. The van der Waals surface area contributed by atoms with Crippen LogP contribution in [-0.2, 0) is 11.3 Å². The van der Waals surface area contributed by atoms with Gasteiger partial charge in [0.2, 0.25) is 0 Å². The number of hydrogen-bond donors (Lipinski definition) is 2. The minimum absolute atomic E-state index is 0.00570. The Morgan fingerprint density at radius 1 is 1.44 bits per heavy atom. The third-order valence-electron chi connectivity index (χ3n) is 2.15. The number of nitrogens with one attached hydrogen (secondary N) is 1. The summed E-state index contributed by atoms with van der Waals surface area (Å²) in [6, 6.07) is 3.33. The van der Waals surface area contributed by atoms with Gasteiger partial charge in [0.1, 0.15) is 11.5 Å². The largest absolute Gasteiger partial charge is 0.389 e. The summed E-state index contributed by atoms with van der Waals surface area (Å²) in [5.74, 6) is -0.190. The quantitative estimate of drug-likeness (QED) is 0.468. The lowest BCUT2D eigenvalue weighted by molar-refractivity contribution is -0.138. The van der Waals surface area contributed by atoms with Crippen LogP contribution in [0.15, 0.2) is 18.3 Å². The smallest absolute Gasteiger partial charge is 0.382 e. The van der Waals surface area contributed by atoms with Gasteiger partial charge in [-0.2, -0.15) is 13.2 Å². The lowest BCUT2D eigenvalue weighted by atomic mass is 10.2. The molecule has 4 nitrogen and oxygen atoms in total. The summed E-state index contributed by atoms with van der Waals surface area (Å²) >= 11 is 0. The topological polar surface area (TPSA) is 72.0 Å². The van der Waals surface area contributed by atoms with Gasteiger partial charge in [0.05, 0.1) is 6.61 Å². The third-order valence-corrected chi connectivity index (χ3v) is 2.15. The number of nitrogen functional groups attached to an aromatic ring is 1. The van der Waals surface area contributed by atoms with E-state index in [0.29, 0.717) is 11.3 Å². The molecule has 0 unspecified atom stereocenters. The van der Waals surface area contributed by atoms with E-state index in [1.54, 1.807) is 12.1 Å². The normalized spacial score (nSPS) is 11.5. The van der Waals surface area contributed by atoms with E-state index in [1.807, 2.05) is 0 Å². The summed E-state index contributed by atoms with van der Waals surface area (Å²) in [5.41, 5.74) is 6.21. The first-order valence-electron chi connectivity index (χ1n) is 5.33. The fourth-order valence-electron chi connectivity index (χ4n) is 1.35. The van der Waals surface area contributed by atoms with Crippen molar-refractivity contribution in [1.29, 1.82) is 5.41 Å². The second-order valence-corrected chi connectivity index (χ2v) is 3.70. The van der Waals surface area contributed by atoms with Crippen LogP contribution in [0.25, 0.3) is 0 Å². The zero-order valence-corrected chi connectivity index (χ0v) is 9.63. The molecule has 0 aromatic carbocycles. The molecule has 0 saturated carbocycles. The summed E-state index contributed by atoms with van der Waals surface area (Å²) < 4.78 is 40.7. The molecule has 0 fully saturated rings. The van der Waals surface area contributed by atoms with Crippen LogP contribution in [-0.4, -0.2) is 23.6 Å². The van der Waals surface area contributed by atoms with Crippen molar-refractivity contribution in [2.24, 2.45) is 5.73 Å². The van der Waals surface area contributed by atoms with E-state index in [0.717, 1.165) is 0 Å². The third kappa shape index (κ3) is 5.13. The van der Waals surface area contributed by atoms with E-state index >= 15 is 0 Å². The molecule has 0 aliphatic heterocycles. The minimum atomic E-state index is -4.15.